The maximum absolute atomic E-state index is 12.7. The van der Waals surface area contributed by atoms with E-state index in [0.29, 0.717) is 11.5 Å². The molecule has 2 N–H and O–H groups in total. The Morgan fingerprint density at radius 3 is 2.41 bits per heavy atom. The lowest BCUT2D eigenvalue weighted by atomic mass is 10.1. The summed E-state index contributed by atoms with van der Waals surface area (Å²) in [4.78, 5) is 53.6. The summed E-state index contributed by atoms with van der Waals surface area (Å²) in [5.41, 5.74) is 0.184. The molecule has 1 aliphatic rings. The van der Waals surface area contributed by atoms with Crippen LogP contribution in [0.4, 0.5) is 4.79 Å². The molecular formula is C22H30N2O8. The summed E-state index contributed by atoms with van der Waals surface area (Å²) in [5, 5.41) is 12.7. The molecule has 3 atom stereocenters. The fourth-order valence-corrected chi connectivity index (χ4v) is 2.89. The van der Waals surface area contributed by atoms with Crippen LogP contribution in [0.25, 0.3) is 0 Å². The van der Waals surface area contributed by atoms with Crippen molar-refractivity contribution in [2.24, 2.45) is 0 Å². The fraction of sp³-hybridized carbons (Fsp3) is 0.545. The summed E-state index contributed by atoms with van der Waals surface area (Å²) in [7, 11) is 0. The molecule has 1 aliphatic heterocycles. The number of carbonyl (C=O) groups is 4. The molecule has 0 bridgehead atoms. The van der Waals surface area contributed by atoms with Crippen LogP contribution in [0, 0.1) is 0 Å². The van der Waals surface area contributed by atoms with Gasteiger partial charge in [0.25, 0.3) is 5.91 Å². The highest BCUT2D eigenvalue weighted by atomic mass is 16.7. The minimum absolute atomic E-state index is 0.0456. The summed E-state index contributed by atoms with van der Waals surface area (Å²) < 4.78 is 10.4. The van der Waals surface area contributed by atoms with Gasteiger partial charge < -0.3 is 24.7 Å². The molecule has 0 saturated carbocycles. The second kappa shape index (κ2) is 10.9. The molecule has 1 unspecified atom stereocenters. The molecule has 1 aromatic carbocycles. The number of benzene rings is 1. The van der Waals surface area contributed by atoms with Crippen molar-refractivity contribution in [3.63, 3.8) is 0 Å². The van der Waals surface area contributed by atoms with Crippen LogP contribution in [0.3, 0.4) is 0 Å². The van der Waals surface area contributed by atoms with Gasteiger partial charge in [0.05, 0.1) is 0 Å². The van der Waals surface area contributed by atoms with E-state index < -0.39 is 47.9 Å². The Bertz CT molecular complexity index is 821. The summed E-state index contributed by atoms with van der Waals surface area (Å²) in [6, 6.07) is 8.26. The van der Waals surface area contributed by atoms with E-state index in [1.54, 1.807) is 20.8 Å². The van der Waals surface area contributed by atoms with E-state index in [1.807, 2.05) is 30.3 Å². The number of ether oxygens (including phenoxy) is 2. The first-order valence-corrected chi connectivity index (χ1v) is 10.4. The standard InChI is InChI=1S/C22H30N2O8/c1-14(19(27)32-24-17(25)12-13-18(24)26)30-20(28)16(23-21(29)31-22(2,3)4)11-10-15-8-6-5-7-9-15/h5-9,14,16-17,25H,10-13H2,1-4H3,(H,23,29)/t14-,16-,17?/m0/s1. The zero-order valence-electron chi connectivity index (χ0n) is 18.7. The Hall–Kier alpha value is -3.14. The number of amides is 2. The highest BCUT2D eigenvalue weighted by Gasteiger charge is 2.35. The van der Waals surface area contributed by atoms with Gasteiger partial charge in [-0.1, -0.05) is 30.3 Å². The first-order chi connectivity index (χ1) is 15.0. The SMILES string of the molecule is C[C@H](OC(=O)[C@H](CCc1ccccc1)NC(=O)OC(C)(C)C)C(=O)ON1C(=O)CCC1O. The molecule has 2 rings (SSSR count). The third-order valence-corrected chi connectivity index (χ3v) is 4.49. The van der Waals surface area contributed by atoms with E-state index in [4.69, 9.17) is 14.3 Å². The maximum Gasteiger partial charge on any atom is 0.408 e. The second-order valence-corrected chi connectivity index (χ2v) is 8.45. The van der Waals surface area contributed by atoms with E-state index in [2.05, 4.69) is 5.32 Å². The van der Waals surface area contributed by atoms with Crippen molar-refractivity contribution >= 4 is 23.9 Å². The van der Waals surface area contributed by atoms with E-state index in [1.165, 1.54) is 6.92 Å². The Morgan fingerprint density at radius 1 is 1.19 bits per heavy atom. The molecule has 1 fully saturated rings. The van der Waals surface area contributed by atoms with Gasteiger partial charge in [-0.05, 0) is 46.1 Å². The van der Waals surface area contributed by atoms with Gasteiger partial charge in [0.15, 0.2) is 12.3 Å². The molecule has 1 heterocycles. The largest absolute Gasteiger partial charge is 0.449 e. The number of aryl methyl sites for hydroxylation is 1. The highest BCUT2D eigenvalue weighted by molar-refractivity contribution is 5.85. The molecular weight excluding hydrogens is 420 g/mol. The minimum atomic E-state index is -1.37. The predicted molar refractivity (Wildman–Crippen MR) is 112 cm³/mol. The number of aliphatic hydroxyl groups is 1. The van der Waals surface area contributed by atoms with Crippen LogP contribution in [0.2, 0.25) is 0 Å². The monoisotopic (exact) mass is 450 g/mol. The Kier molecular flexibility index (Phi) is 8.59. The third kappa shape index (κ3) is 7.84. The number of nitrogens with one attached hydrogen (secondary N) is 1. The maximum atomic E-state index is 12.7. The number of aliphatic hydroxyl groups excluding tert-OH is 1. The van der Waals surface area contributed by atoms with E-state index >= 15 is 0 Å². The number of hydrogen-bond acceptors (Lipinski definition) is 8. The van der Waals surface area contributed by atoms with Crippen LogP contribution in [0.15, 0.2) is 30.3 Å². The number of nitrogens with zero attached hydrogens (tertiary/aromatic N) is 1. The van der Waals surface area contributed by atoms with Crippen molar-refractivity contribution < 1.29 is 38.6 Å². The molecule has 32 heavy (non-hydrogen) atoms. The Morgan fingerprint density at radius 2 is 1.84 bits per heavy atom. The predicted octanol–water partition coefficient (Wildman–Crippen LogP) is 1.84. The molecule has 2 amide bonds. The number of hydroxylamine groups is 2. The van der Waals surface area contributed by atoms with Crippen molar-refractivity contribution in [1.82, 2.24) is 10.4 Å². The molecule has 0 aliphatic carbocycles. The Balaban J connectivity index is 2.00. The van der Waals surface area contributed by atoms with Gasteiger partial charge >= 0.3 is 18.0 Å². The third-order valence-electron chi connectivity index (χ3n) is 4.49. The highest BCUT2D eigenvalue weighted by Crippen LogP contribution is 2.18. The van der Waals surface area contributed by atoms with E-state index in [9.17, 15) is 24.3 Å². The molecule has 176 valence electrons. The van der Waals surface area contributed by atoms with Gasteiger partial charge in [0.1, 0.15) is 11.6 Å². The molecule has 0 radical (unpaired) electrons. The average molecular weight is 450 g/mol. The number of rotatable bonds is 8. The van der Waals surface area contributed by atoms with Crippen molar-refractivity contribution in [3.8, 4) is 0 Å². The van der Waals surface area contributed by atoms with Crippen LogP contribution in [0.1, 0.15) is 52.5 Å². The average Bonchev–Trinajstić information content (AvgIpc) is 3.02. The van der Waals surface area contributed by atoms with E-state index in [0.717, 1.165) is 5.56 Å². The fourth-order valence-electron chi connectivity index (χ4n) is 2.89. The van der Waals surface area contributed by atoms with Crippen LogP contribution in [0.5, 0.6) is 0 Å². The lowest BCUT2D eigenvalue weighted by Crippen LogP contribution is -2.46. The van der Waals surface area contributed by atoms with Crippen molar-refractivity contribution in [3.05, 3.63) is 35.9 Å². The number of esters is 1. The van der Waals surface area contributed by atoms with Crippen molar-refractivity contribution in [1.29, 1.82) is 0 Å². The number of alkyl carbamates (subject to hydrolysis) is 1. The quantitative estimate of drug-likeness (QED) is 0.574. The normalized spacial score (nSPS) is 18.0. The van der Waals surface area contributed by atoms with Gasteiger partial charge in [-0.15, -0.1) is 5.06 Å². The van der Waals surface area contributed by atoms with Crippen LogP contribution >= 0.6 is 0 Å². The smallest absolute Gasteiger partial charge is 0.408 e. The van der Waals surface area contributed by atoms with Crippen LogP contribution in [-0.2, 0) is 35.1 Å². The van der Waals surface area contributed by atoms with Gasteiger partial charge in [-0.25, -0.2) is 14.4 Å². The summed E-state index contributed by atoms with van der Waals surface area (Å²) in [5.74, 6) is -2.42. The summed E-state index contributed by atoms with van der Waals surface area (Å²) >= 11 is 0. The first-order valence-electron chi connectivity index (χ1n) is 10.4. The number of hydrogen-bond donors (Lipinski definition) is 2. The van der Waals surface area contributed by atoms with Crippen LogP contribution in [-0.4, -0.2) is 58.1 Å². The summed E-state index contributed by atoms with van der Waals surface area (Å²) in [6.07, 6.45) is -2.55. The second-order valence-electron chi connectivity index (χ2n) is 8.45. The van der Waals surface area contributed by atoms with Crippen molar-refractivity contribution in [2.75, 3.05) is 0 Å². The van der Waals surface area contributed by atoms with Gasteiger partial charge in [-0.3, -0.25) is 4.79 Å². The molecule has 1 aromatic rings. The minimum Gasteiger partial charge on any atom is -0.449 e. The lowest BCUT2D eigenvalue weighted by molar-refractivity contribution is -0.227. The molecule has 0 spiro atoms. The number of carbonyl (C=O) groups excluding carboxylic acids is 4. The molecule has 10 heteroatoms. The van der Waals surface area contributed by atoms with Crippen LogP contribution < -0.4 is 5.32 Å². The zero-order valence-corrected chi connectivity index (χ0v) is 18.7. The van der Waals surface area contributed by atoms with E-state index in [-0.39, 0.29) is 19.3 Å². The first kappa shape index (κ1) is 25.1. The molecule has 10 nitrogen and oxygen atoms in total. The van der Waals surface area contributed by atoms with Gasteiger partial charge in [-0.2, -0.15) is 0 Å². The topological polar surface area (TPSA) is 131 Å². The van der Waals surface area contributed by atoms with Crippen molar-refractivity contribution in [2.45, 2.75) is 77.4 Å². The van der Waals surface area contributed by atoms with Gasteiger partial charge in [0, 0.05) is 12.8 Å². The van der Waals surface area contributed by atoms with Gasteiger partial charge in [0.2, 0.25) is 0 Å². The lowest BCUT2D eigenvalue weighted by Gasteiger charge is -2.24. The molecule has 1 saturated heterocycles. The Labute approximate surface area is 186 Å². The zero-order chi connectivity index (χ0) is 23.9. The molecule has 0 aromatic heterocycles. The summed E-state index contributed by atoms with van der Waals surface area (Å²) in [6.45, 7) is 6.34.